The predicted octanol–water partition coefficient (Wildman–Crippen LogP) is 2.51. The number of hydrogen-bond donors (Lipinski definition) is 2. The highest BCUT2D eigenvalue weighted by Gasteiger charge is 2.16. The molecule has 0 aliphatic heterocycles. The van der Waals surface area contributed by atoms with Crippen LogP contribution in [-0.4, -0.2) is 37.2 Å². The number of benzene rings is 1. The smallest absolute Gasteiger partial charge is 0.371 e. The van der Waals surface area contributed by atoms with Crippen LogP contribution in [0.4, 0.5) is 5.69 Å². The second kappa shape index (κ2) is 9.26. The van der Waals surface area contributed by atoms with Crippen LogP contribution < -0.4 is 10.1 Å². The van der Waals surface area contributed by atoms with Gasteiger partial charge in [-0.15, -0.1) is 0 Å². The van der Waals surface area contributed by atoms with Gasteiger partial charge < -0.3 is 29.1 Å². The highest BCUT2D eigenvalue weighted by atomic mass is 16.5. The van der Waals surface area contributed by atoms with E-state index in [0.29, 0.717) is 17.2 Å². The molecule has 0 aliphatic rings. The summed E-state index contributed by atoms with van der Waals surface area (Å²) in [7, 11) is 2.36. The van der Waals surface area contributed by atoms with Crippen molar-refractivity contribution in [1.82, 2.24) is 0 Å². The molecule has 1 heterocycles. The molecule has 0 spiro atoms. The molecule has 1 aromatic carbocycles. The molecule has 0 amide bonds. The summed E-state index contributed by atoms with van der Waals surface area (Å²) in [6.45, 7) is 1.79. The highest BCUT2D eigenvalue weighted by molar-refractivity contribution is 5.99. The van der Waals surface area contributed by atoms with Crippen LogP contribution in [0.15, 0.2) is 46.5 Å². The van der Waals surface area contributed by atoms with Crippen molar-refractivity contribution in [2.45, 2.75) is 13.5 Å². The lowest BCUT2D eigenvalue weighted by Gasteiger charge is -2.14. The van der Waals surface area contributed by atoms with Gasteiger partial charge in [0.15, 0.2) is 0 Å². The van der Waals surface area contributed by atoms with Gasteiger partial charge in [0.2, 0.25) is 5.76 Å². The number of esters is 2. The van der Waals surface area contributed by atoms with Gasteiger partial charge in [-0.25, -0.2) is 14.4 Å². The fraction of sp³-hybridized carbons (Fsp3) is 0.211. The summed E-state index contributed by atoms with van der Waals surface area (Å²) in [6.07, 6.45) is 0.962. The van der Waals surface area contributed by atoms with Gasteiger partial charge in [-0.3, -0.25) is 0 Å². The Morgan fingerprint density at radius 2 is 1.89 bits per heavy atom. The van der Waals surface area contributed by atoms with E-state index in [4.69, 9.17) is 14.3 Å². The van der Waals surface area contributed by atoms with Gasteiger partial charge >= 0.3 is 17.9 Å². The monoisotopic (exact) mass is 389 g/mol. The molecular weight excluding hydrogens is 370 g/mol. The van der Waals surface area contributed by atoms with Crippen LogP contribution in [0.1, 0.15) is 21.9 Å². The largest absolute Gasteiger partial charge is 0.483 e. The SMILES string of the molecule is COC(=O)/C=C(/Nc1cc(C)ccc1OCc1ccc(C(=O)O)o1)C(=O)OC. The number of anilines is 1. The van der Waals surface area contributed by atoms with E-state index in [0.717, 1.165) is 11.6 Å². The van der Waals surface area contributed by atoms with Crippen molar-refractivity contribution in [1.29, 1.82) is 0 Å². The van der Waals surface area contributed by atoms with E-state index in [-0.39, 0.29) is 18.1 Å². The van der Waals surface area contributed by atoms with E-state index in [2.05, 4.69) is 14.8 Å². The average Bonchev–Trinajstić information content (AvgIpc) is 3.15. The molecule has 0 fully saturated rings. The molecule has 2 N–H and O–H groups in total. The van der Waals surface area contributed by atoms with Gasteiger partial charge in [0.1, 0.15) is 23.8 Å². The van der Waals surface area contributed by atoms with Crippen LogP contribution in [0.2, 0.25) is 0 Å². The normalized spacial score (nSPS) is 10.9. The van der Waals surface area contributed by atoms with E-state index < -0.39 is 17.9 Å². The van der Waals surface area contributed by atoms with Gasteiger partial charge in [0.25, 0.3) is 0 Å². The standard InChI is InChI=1S/C19H19NO8/c1-11-4-6-15(27-10-12-5-7-16(28-12)18(22)23)13(8-11)20-14(19(24)26-3)9-17(21)25-2/h4-9,20H,10H2,1-3H3,(H,22,23)/b14-9+. The topological polar surface area (TPSA) is 124 Å². The Kier molecular flexibility index (Phi) is 6.80. The summed E-state index contributed by atoms with van der Waals surface area (Å²) >= 11 is 0. The second-order valence-electron chi connectivity index (χ2n) is 5.56. The first-order chi connectivity index (χ1) is 13.3. The summed E-state index contributed by atoms with van der Waals surface area (Å²) in [5.74, 6) is -2.23. The quantitative estimate of drug-likeness (QED) is 0.517. The first-order valence-electron chi connectivity index (χ1n) is 8.04. The zero-order chi connectivity index (χ0) is 20.7. The van der Waals surface area contributed by atoms with Crippen molar-refractivity contribution in [3.63, 3.8) is 0 Å². The molecule has 2 rings (SSSR count). The van der Waals surface area contributed by atoms with Crippen molar-refractivity contribution in [2.75, 3.05) is 19.5 Å². The number of furan rings is 1. The van der Waals surface area contributed by atoms with Crippen LogP contribution in [-0.2, 0) is 25.7 Å². The Morgan fingerprint density at radius 1 is 1.14 bits per heavy atom. The lowest BCUT2D eigenvalue weighted by molar-refractivity contribution is -0.138. The van der Waals surface area contributed by atoms with Crippen LogP contribution in [0.5, 0.6) is 5.75 Å². The Morgan fingerprint density at radius 3 is 2.50 bits per heavy atom. The third-order valence-corrected chi connectivity index (χ3v) is 3.52. The second-order valence-corrected chi connectivity index (χ2v) is 5.56. The van der Waals surface area contributed by atoms with E-state index in [9.17, 15) is 14.4 Å². The predicted molar refractivity (Wildman–Crippen MR) is 96.9 cm³/mol. The van der Waals surface area contributed by atoms with Crippen molar-refractivity contribution in [3.8, 4) is 5.75 Å². The number of hydrogen-bond acceptors (Lipinski definition) is 8. The molecule has 0 radical (unpaired) electrons. The number of carbonyl (C=O) groups excluding carboxylic acids is 2. The maximum Gasteiger partial charge on any atom is 0.371 e. The number of methoxy groups -OCH3 is 2. The summed E-state index contributed by atoms with van der Waals surface area (Å²) in [4.78, 5) is 34.3. The van der Waals surface area contributed by atoms with Crippen molar-refractivity contribution >= 4 is 23.6 Å². The van der Waals surface area contributed by atoms with Crippen LogP contribution in [0.25, 0.3) is 0 Å². The van der Waals surface area contributed by atoms with Crippen LogP contribution in [0, 0.1) is 6.92 Å². The van der Waals surface area contributed by atoms with E-state index in [1.165, 1.54) is 26.4 Å². The number of carbonyl (C=O) groups is 3. The minimum Gasteiger partial charge on any atom is -0.483 e. The molecule has 0 aliphatic carbocycles. The van der Waals surface area contributed by atoms with Crippen molar-refractivity contribution in [3.05, 3.63) is 59.2 Å². The molecule has 1 aromatic heterocycles. The Hall–Kier alpha value is -3.75. The Bertz CT molecular complexity index is 912. The Labute approximate surface area is 160 Å². The Balaban J connectivity index is 2.24. The van der Waals surface area contributed by atoms with Crippen LogP contribution >= 0.6 is 0 Å². The summed E-state index contributed by atoms with van der Waals surface area (Å²) < 4.78 is 20.0. The maximum atomic E-state index is 11.9. The minimum atomic E-state index is -1.18. The number of rotatable bonds is 8. The van der Waals surface area contributed by atoms with Crippen molar-refractivity contribution in [2.24, 2.45) is 0 Å². The van der Waals surface area contributed by atoms with E-state index in [1.54, 1.807) is 18.2 Å². The molecule has 148 valence electrons. The van der Waals surface area contributed by atoms with Crippen LogP contribution in [0.3, 0.4) is 0 Å². The number of carboxylic acids is 1. The lowest BCUT2D eigenvalue weighted by Crippen LogP contribution is -2.16. The van der Waals surface area contributed by atoms with E-state index >= 15 is 0 Å². The van der Waals surface area contributed by atoms with Gasteiger partial charge in [-0.2, -0.15) is 0 Å². The third-order valence-electron chi connectivity index (χ3n) is 3.52. The maximum absolute atomic E-state index is 11.9. The first kappa shape index (κ1) is 20.6. The average molecular weight is 389 g/mol. The molecule has 0 saturated carbocycles. The fourth-order valence-electron chi connectivity index (χ4n) is 2.16. The molecule has 28 heavy (non-hydrogen) atoms. The zero-order valence-corrected chi connectivity index (χ0v) is 15.5. The molecule has 0 saturated heterocycles. The zero-order valence-electron chi connectivity index (χ0n) is 15.5. The van der Waals surface area contributed by atoms with Gasteiger partial charge in [0.05, 0.1) is 26.0 Å². The number of ether oxygens (including phenoxy) is 3. The van der Waals surface area contributed by atoms with Crippen molar-refractivity contribution < 1.29 is 38.1 Å². The number of carboxylic acid groups (broad SMARTS) is 1. The molecular formula is C19H19NO8. The summed E-state index contributed by atoms with van der Waals surface area (Å²) in [6, 6.07) is 7.96. The van der Waals surface area contributed by atoms with Gasteiger partial charge in [-0.1, -0.05) is 6.07 Å². The third kappa shape index (κ3) is 5.37. The number of aromatic carboxylic acids is 1. The molecule has 0 bridgehead atoms. The molecule has 9 nitrogen and oxygen atoms in total. The first-order valence-corrected chi connectivity index (χ1v) is 8.04. The molecule has 2 aromatic rings. The summed E-state index contributed by atoms with van der Waals surface area (Å²) in [5, 5.41) is 11.7. The van der Waals surface area contributed by atoms with Gasteiger partial charge in [0, 0.05) is 0 Å². The van der Waals surface area contributed by atoms with Gasteiger partial charge in [-0.05, 0) is 36.8 Å². The lowest BCUT2D eigenvalue weighted by atomic mass is 10.2. The number of aryl methyl sites for hydroxylation is 1. The molecule has 0 atom stereocenters. The fourth-order valence-corrected chi connectivity index (χ4v) is 2.16. The summed E-state index contributed by atoms with van der Waals surface area (Å²) in [5.41, 5.74) is 1.12. The van der Waals surface area contributed by atoms with E-state index in [1.807, 2.05) is 6.92 Å². The molecule has 0 unspecified atom stereocenters. The molecule has 9 heteroatoms. The minimum absolute atomic E-state index is 0.0424. The number of nitrogens with one attached hydrogen (secondary N) is 1. The highest BCUT2D eigenvalue weighted by Crippen LogP contribution is 2.28.